The van der Waals surface area contributed by atoms with Crippen LogP contribution in [0.4, 0.5) is 21.5 Å². The number of aryl methyl sites for hydroxylation is 1. The number of hydrogen-bond donors (Lipinski definition) is 1. The van der Waals surface area contributed by atoms with Crippen molar-refractivity contribution in [1.82, 2.24) is 0 Å². The largest absolute Gasteiger partial charge is 0.366 e. The highest BCUT2D eigenvalue weighted by Gasteiger charge is 2.28. The number of anilines is 2. The Hall–Kier alpha value is -2.96. The molecule has 0 aliphatic carbocycles. The molecule has 1 aliphatic heterocycles. The Bertz CT molecular complexity index is 833. The fraction of sp³-hybridized carbons (Fsp3) is 0.316. The first-order chi connectivity index (χ1) is 12.5. The molecule has 2 aromatic rings. The fourth-order valence-corrected chi connectivity index (χ4v) is 3.22. The number of nitro benzene ring substituents is 1. The molecule has 2 aromatic carbocycles. The smallest absolute Gasteiger partial charge is 0.292 e. The van der Waals surface area contributed by atoms with Gasteiger partial charge in [0.05, 0.1) is 10.6 Å². The molecule has 1 aliphatic rings. The topological polar surface area (TPSA) is 75.5 Å². The predicted octanol–water partition coefficient (Wildman–Crippen LogP) is 3.90. The number of hydrogen-bond acceptors (Lipinski definition) is 4. The van der Waals surface area contributed by atoms with E-state index in [0.717, 1.165) is 5.56 Å². The SMILES string of the molecule is Cc1ccc(NC(=O)C2CCN(c3ccccc3[N+](=O)[O-])CC2)c(F)c1. The average molecular weight is 357 g/mol. The Balaban J connectivity index is 1.63. The third-order valence-corrected chi connectivity index (χ3v) is 4.67. The molecule has 1 N–H and O–H groups in total. The van der Waals surface area contributed by atoms with Crippen LogP contribution in [0.25, 0.3) is 0 Å². The van der Waals surface area contributed by atoms with Crippen molar-refractivity contribution in [3.63, 3.8) is 0 Å². The highest BCUT2D eigenvalue weighted by molar-refractivity contribution is 5.92. The second-order valence-corrected chi connectivity index (χ2v) is 6.48. The molecule has 136 valence electrons. The number of nitrogens with one attached hydrogen (secondary N) is 1. The van der Waals surface area contributed by atoms with Crippen LogP contribution in [0.15, 0.2) is 42.5 Å². The number of piperidine rings is 1. The molecule has 1 amide bonds. The third-order valence-electron chi connectivity index (χ3n) is 4.67. The van der Waals surface area contributed by atoms with Crippen molar-refractivity contribution in [3.8, 4) is 0 Å². The first-order valence-electron chi connectivity index (χ1n) is 8.51. The summed E-state index contributed by atoms with van der Waals surface area (Å²) in [6.45, 7) is 2.87. The normalized spacial score (nSPS) is 14.9. The Morgan fingerprint density at radius 1 is 1.23 bits per heavy atom. The molecular formula is C19H20FN3O3. The van der Waals surface area contributed by atoms with Gasteiger partial charge in [-0.1, -0.05) is 18.2 Å². The Labute approximate surface area is 150 Å². The standard InChI is InChI=1S/C19H20FN3O3/c1-13-6-7-16(15(20)12-13)21-19(24)14-8-10-22(11-9-14)17-4-2-3-5-18(17)23(25)26/h2-7,12,14H,8-11H2,1H3,(H,21,24). The number of benzene rings is 2. The van der Waals surface area contributed by atoms with E-state index in [-0.39, 0.29) is 23.2 Å². The molecule has 0 atom stereocenters. The second kappa shape index (κ2) is 7.51. The highest BCUT2D eigenvalue weighted by atomic mass is 19.1. The zero-order valence-electron chi connectivity index (χ0n) is 14.4. The lowest BCUT2D eigenvalue weighted by atomic mass is 9.95. The maximum Gasteiger partial charge on any atom is 0.292 e. The minimum atomic E-state index is -0.448. The van der Waals surface area contributed by atoms with Gasteiger partial charge in [-0.2, -0.15) is 0 Å². The molecule has 0 aromatic heterocycles. The summed E-state index contributed by atoms with van der Waals surface area (Å²) >= 11 is 0. The monoisotopic (exact) mass is 357 g/mol. The molecule has 7 heteroatoms. The van der Waals surface area contributed by atoms with Crippen molar-refractivity contribution >= 4 is 23.0 Å². The van der Waals surface area contributed by atoms with E-state index in [1.807, 2.05) is 4.90 Å². The lowest BCUT2D eigenvalue weighted by Crippen LogP contribution is -2.38. The van der Waals surface area contributed by atoms with Crippen molar-refractivity contribution in [3.05, 3.63) is 64.0 Å². The van der Waals surface area contributed by atoms with Crippen molar-refractivity contribution in [2.75, 3.05) is 23.3 Å². The number of para-hydroxylation sites is 2. The lowest BCUT2D eigenvalue weighted by molar-refractivity contribution is -0.384. The highest BCUT2D eigenvalue weighted by Crippen LogP contribution is 2.31. The number of halogens is 1. The van der Waals surface area contributed by atoms with Gasteiger partial charge in [-0.3, -0.25) is 14.9 Å². The van der Waals surface area contributed by atoms with Gasteiger partial charge in [0, 0.05) is 25.1 Å². The van der Waals surface area contributed by atoms with E-state index in [1.54, 1.807) is 37.3 Å². The van der Waals surface area contributed by atoms with E-state index >= 15 is 0 Å². The molecule has 0 saturated carbocycles. The number of amides is 1. The van der Waals surface area contributed by atoms with E-state index in [4.69, 9.17) is 0 Å². The fourth-order valence-electron chi connectivity index (χ4n) is 3.22. The van der Waals surface area contributed by atoms with Gasteiger partial charge in [0.2, 0.25) is 5.91 Å². The minimum absolute atomic E-state index is 0.0668. The Kier molecular flexibility index (Phi) is 5.16. The summed E-state index contributed by atoms with van der Waals surface area (Å²) < 4.78 is 13.9. The van der Waals surface area contributed by atoms with E-state index in [9.17, 15) is 19.3 Å². The zero-order chi connectivity index (χ0) is 18.7. The van der Waals surface area contributed by atoms with Crippen LogP contribution in [0.5, 0.6) is 0 Å². The van der Waals surface area contributed by atoms with Gasteiger partial charge < -0.3 is 10.2 Å². The maximum absolute atomic E-state index is 13.9. The van der Waals surface area contributed by atoms with Gasteiger partial charge in [0.25, 0.3) is 5.69 Å². The number of nitro groups is 1. The molecule has 26 heavy (non-hydrogen) atoms. The first kappa shape index (κ1) is 17.8. The lowest BCUT2D eigenvalue weighted by Gasteiger charge is -2.32. The molecule has 1 fully saturated rings. The van der Waals surface area contributed by atoms with Crippen LogP contribution >= 0.6 is 0 Å². The molecule has 0 spiro atoms. The predicted molar refractivity (Wildman–Crippen MR) is 97.8 cm³/mol. The summed E-state index contributed by atoms with van der Waals surface area (Å²) in [4.78, 5) is 25.1. The van der Waals surface area contributed by atoms with Crippen LogP contribution < -0.4 is 10.2 Å². The van der Waals surface area contributed by atoms with Gasteiger partial charge in [0.15, 0.2) is 0 Å². The van der Waals surface area contributed by atoms with Gasteiger partial charge in [-0.05, 0) is 43.5 Å². The molecular weight excluding hydrogens is 337 g/mol. The molecule has 0 bridgehead atoms. The van der Waals surface area contributed by atoms with Crippen LogP contribution in [-0.4, -0.2) is 23.9 Å². The number of carbonyl (C=O) groups excluding carboxylic acids is 1. The summed E-state index contributed by atoms with van der Waals surface area (Å²) in [7, 11) is 0. The minimum Gasteiger partial charge on any atom is -0.366 e. The molecule has 1 heterocycles. The van der Waals surface area contributed by atoms with Crippen LogP contribution in [-0.2, 0) is 4.79 Å². The summed E-state index contributed by atoms with van der Waals surface area (Å²) in [5.41, 5.74) is 1.61. The van der Waals surface area contributed by atoms with Gasteiger partial charge in [-0.15, -0.1) is 0 Å². The van der Waals surface area contributed by atoms with Crippen molar-refractivity contribution in [1.29, 1.82) is 0 Å². The van der Waals surface area contributed by atoms with Gasteiger partial charge in [-0.25, -0.2) is 4.39 Å². The van der Waals surface area contributed by atoms with Gasteiger partial charge >= 0.3 is 0 Å². The zero-order valence-corrected chi connectivity index (χ0v) is 14.4. The number of carbonyl (C=O) groups is 1. The van der Waals surface area contributed by atoms with Crippen LogP contribution in [0.3, 0.4) is 0 Å². The van der Waals surface area contributed by atoms with Crippen molar-refractivity contribution in [2.45, 2.75) is 19.8 Å². The van der Waals surface area contributed by atoms with Crippen LogP contribution in [0.1, 0.15) is 18.4 Å². The molecule has 3 rings (SSSR count). The Morgan fingerprint density at radius 2 is 1.92 bits per heavy atom. The second-order valence-electron chi connectivity index (χ2n) is 6.48. The van der Waals surface area contributed by atoms with Crippen LogP contribution in [0.2, 0.25) is 0 Å². The summed E-state index contributed by atoms with van der Waals surface area (Å²) in [6.07, 6.45) is 1.12. The molecule has 0 radical (unpaired) electrons. The van der Waals surface area contributed by atoms with E-state index < -0.39 is 10.7 Å². The number of nitrogens with zero attached hydrogens (tertiary/aromatic N) is 2. The molecule has 6 nitrogen and oxygen atoms in total. The quantitative estimate of drug-likeness (QED) is 0.665. The third kappa shape index (κ3) is 3.82. The van der Waals surface area contributed by atoms with E-state index in [0.29, 0.717) is 31.6 Å². The Morgan fingerprint density at radius 3 is 2.58 bits per heavy atom. The van der Waals surface area contributed by atoms with Crippen molar-refractivity contribution in [2.24, 2.45) is 5.92 Å². The van der Waals surface area contributed by atoms with Crippen molar-refractivity contribution < 1.29 is 14.1 Å². The van der Waals surface area contributed by atoms with Crippen LogP contribution in [0, 0.1) is 28.8 Å². The maximum atomic E-state index is 13.9. The summed E-state index contributed by atoms with van der Waals surface area (Å²) in [5.74, 6) is -0.902. The van der Waals surface area contributed by atoms with E-state index in [2.05, 4.69) is 5.32 Å². The molecule has 1 saturated heterocycles. The number of rotatable bonds is 4. The van der Waals surface area contributed by atoms with E-state index in [1.165, 1.54) is 12.1 Å². The first-order valence-corrected chi connectivity index (χ1v) is 8.51. The average Bonchev–Trinajstić information content (AvgIpc) is 2.64. The summed E-state index contributed by atoms with van der Waals surface area (Å²) in [5, 5.41) is 13.8. The summed E-state index contributed by atoms with van der Waals surface area (Å²) in [6, 6.07) is 11.3. The molecule has 0 unspecified atom stereocenters. The van der Waals surface area contributed by atoms with Gasteiger partial charge in [0.1, 0.15) is 11.5 Å².